The van der Waals surface area contributed by atoms with Crippen molar-refractivity contribution in [3.05, 3.63) is 148 Å². The molecule has 7 rings (SSSR count). The Morgan fingerprint density at radius 3 is 2.03 bits per heavy atom. The first-order chi connectivity index (χ1) is 33.1. The van der Waals surface area contributed by atoms with E-state index in [-0.39, 0.29) is 25.5 Å². The number of hydrogen-bond acceptors (Lipinski definition) is 14. The molecule has 3 heterocycles. The normalized spacial score (nSPS) is 27.2. The molecule has 0 spiro atoms. The number of alkyl carbamates (subject to hydrolysis) is 1. The molecule has 3 aliphatic heterocycles. The van der Waals surface area contributed by atoms with Crippen molar-refractivity contribution >= 4 is 58.5 Å². The van der Waals surface area contributed by atoms with Gasteiger partial charge in [0, 0.05) is 17.4 Å². The number of halogens is 6. The highest BCUT2D eigenvalue weighted by molar-refractivity contribution is 6.67. The minimum Gasteiger partial charge on any atom is -0.457 e. The second-order valence-electron chi connectivity index (χ2n) is 15.6. The van der Waals surface area contributed by atoms with Crippen LogP contribution in [0.3, 0.4) is 0 Å². The van der Waals surface area contributed by atoms with Gasteiger partial charge in [0.25, 0.3) is 5.90 Å². The molecule has 0 radical (unpaired) electrons. The van der Waals surface area contributed by atoms with Gasteiger partial charge in [0.05, 0.1) is 32.1 Å². The Morgan fingerprint density at radius 1 is 0.797 bits per heavy atom. The number of esters is 1. The van der Waals surface area contributed by atoms with Crippen molar-refractivity contribution in [1.29, 1.82) is 0 Å². The van der Waals surface area contributed by atoms with E-state index in [1.807, 2.05) is 60.7 Å². The second kappa shape index (κ2) is 24.1. The lowest BCUT2D eigenvalue weighted by molar-refractivity contribution is -0.366. The summed E-state index contributed by atoms with van der Waals surface area (Å²) < 4.78 is 104. The van der Waals surface area contributed by atoms with Gasteiger partial charge < -0.3 is 52.7 Å². The van der Waals surface area contributed by atoms with Gasteiger partial charge in [0.2, 0.25) is 10.1 Å². The predicted molar refractivity (Wildman–Crippen MR) is 241 cm³/mol. The zero-order valence-electron chi connectivity index (χ0n) is 36.4. The van der Waals surface area contributed by atoms with E-state index in [4.69, 9.17) is 82.2 Å². The van der Waals surface area contributed by atoms with Crippen molar-refractivity contribution in [2.24, 2.45) is 10.1 Å². The molecule has 3 saturated heterocycles. The van der Waals surface area contributed by atoms with Gasteiger partial charge in [-0.2, -0.15) is 13.2 Å². The van der Waals surface area contributed by atoms with Gasteiger partial charge >= 0.3 is 18.2 Å². The lowest BCUT2D eigenvalue weighted by Crippen LogP contribution is -2.69. The summed E-state index contributed by atoms with van der Waals surface area (Å²) >= 11 is 17.5. The third-order valence-electron chi connectivity index (χ3n) is 10.6. The van der Waals surface area contributed by atoms with Gasteiger partial charge in [-0.25, -0.2) is 9.79 Å². The van der Waals surface area contributed by atoms with Crippen molar-refractivity contribution in [1.82, 2.24) is 5.32 Å². The fourth-order valence-electron chi connectivity index (χ4n) is 7.61. The molecule has 3 aliphatic rings. The maximum atomic E-state index is 14.9. The van der Waals surface area contributed by atoms with Gasteiger partial charge in [-0.1, -0.05) is 149 Å². The Kier molecular flexibility index (Phi) is 18.0. The molecule has 0 aliphatic carbocycles. The number of para-hydroxylation sites is 1. The molecule has 368 valence electrons. The van der Waals surface area contributed by atoms with Crippen molar-refractivity contribution in [3.63, 3.8) is 0 Å². The summed E-state index contributed by atoms with van der Waals surface area (Å²) in [6.07, 6.45) is -19.3. The number of azide groups is 1. The van der Waals surface area contributed by atoms with Crippen LogP contribution in [0, 0.1) is 0 Å². The Labute approximate surface area is 408 Å². The number of aliphatic imine (C=N–C) groups is 1. The molecule has 0 bridgehead atoms. The van der Waals surface area contributed by atoms with Crippen LogP contribution in [0.15, 0.2) is 131 Å². The SMILES string of the molecule is CC(=O)O[C@H]1[C@H](O[C@@H]2O[C@@H]3CO[C@@H](c4ccccc4)O[C@H]3[C@H](OCc3ccccc3)[C@@H]2N=[N+]=[N-])[C@@H](COCc2ccccc2)OC(OC(=Nc2ccccc2)C(F)(F)F)[C@@H]1NC(=O)OCC(Cl)(Cl)Cl. The zero-order valence-corrected chi connectivity index (χ0v) is 38.7. The maximum absolute atomic E-state index is 14.9. The number of rotatable bonds is 16. The van der Waals surface area contributed by atoms with Crippen LogP contribution in [-0.4, -0.2) is 109 Å². The van der Waals surface area contributed by atoms with E-state index in [2.05, 4.69) is 20.3 Å². The van der Waals surface area contributed by atoms with Crippen LogP contribution in [0.1, 0.15) is 29.9 Å². The highest BCUT2D eigenvalue weighted by Gasteiger charge is 2.57. The summed E-state index contributed by atoms with van der Waals surface area (Å²) in [6, 6.07) is 30.8. The number of fused-ring (bicyclic) bond motifs is 1. The molecule has 17 nitrogen and oxygen atoms in total. The predicted octanol–water partition coefficient (Wildman–Crippen LogP) is 9.12. The minimum atomic E-state index is -5.25. The number of carbonyl (C=O) groups is 2. The molecule has 23 heteroatoms. The van der Waals surface area contributed by atoms with Crippen LogP contribution < -0.4 is 5.32 Å². The van der Waals surface area contributed by atoms with Gasteiger partial charge in [-0.3, -0.25) is 4.79 Å². The number of nitrogens with zero attached hydrogens (tertiary/aromatic N) is 4. The first kappa shape index (κ1) is 51.6. The first-order valence-corrected chi connectivity index (χ1v) is 22.4. The summed E-state index contributed by atoms with van der Waals surface area (Å²) in [5.41, 5.74) is 12.1. The average molecular weight is 1020 g/mol. The number of benzene rings is 4. The largest absolute Gasteiger partial charge is 0.468 e. The van der Waals surface area contributed by atoms with Crippen LogP contribution in [0.25, 0.3) is 10.4 Å². The third-order valence-corrected chi connectivity index (χ3v) is 10.9. The average Bonchev–Trinajstić information content (AvgIpc) is 3.33. The molecule has 69 heavy (non-hydrogen) atoms. The van der Waals surface area contributed by atoms with E-state index in [1.165, 1.54) is 24.3 Å². The summed E-state index contributed by atoms with van der Waals surface area (Å²) in [4.78, 5) is 33.4. The van der Waals surface area contributed by atoms with Gasteiger partial charge in [-0.15, -0.1) is 0 Å². The van der Waals surface area contributed by atoms with E-state index in [0.29, 0.717) is 11.1 Å². The standard InChI is InChI=1S/C46H45Cl3F3N5O12/c1-27(58)64-39-34(55-44(59)63-26-45(47,48)49)41(69-43(46(50,51)52)54-31-20-12-5-13-21-31)65-32(24-60-22-28-14-6-2-7-15-28)37(39)68-42-35(56-57-53)38(61-23-29-16-8-3-9-17-29)36-33(66-42)25-62-40(67-36)30-18-10-4-11-19-30/h2-21,32-42H,22-26H2,1H3,(H,55,59)/t32-,33-,34-,35+,36-,37-,38-,39-,40-,41?,42+/m1/s1. The molecular weight excluding hydrogens is 978 g/mol. The van der Waals surface area contributed by atoms with Gasteiger partial charge in [0.1, 0.15) is 49.2 Å². The number of ether oxygens (including phenoxy) is 10. The number of hydrogen-bond donors (Lipinski definition) is 1. The molecule has 3 fully saturated rings. The van der Waals surface area contributed by atoms with Crippen molar-refractivity contribution in [3.8, 4) is 0 Å². The Balaban J connectivity index is 1.28. The zero-order chi connectivity index (χ0) is 49.0. The summed E-state index contributed by atoms with van der Waals surface area (Å²) in [5.74, 6) is -2.80. The number of nitrogens with one attached hydrogen (secondary N) is 1. The molecule has 0 saturated carbocycles. The second-order valence-corrected chi connectivity index (χ2v) is 18.1. The molecule has 1 amide bonds. The van der Waals surface area contributed by atoms with Crippen molar-refractivity contribution in [2.75, 3.05) is 19.8 Å². The summed E-state index contributed by atoms with van der Waals surface area (Å²) in [5, 5.41) is 6.42. The topological polar surface area (TPSA) is 200 Å². The van der Waals surface area contributed by atoms with Crippen molar-refractivity contribution in [2.45, 2.75) is 97.7 Å². The Hall–Kier alpha value is -5.22. The molecular formula is C46H45Cl3F3N5O12. The van der Waals surface area contributed by atoms with Crippen LogP contribution in [0.4, 0.5) is 23.7 Å². The van der Waals surface area contributed by atoms with Crippen molar-refractivity contribution < 1.29 is 70.1 Å². The Bertz CT molecular complexity index is 2360. The molecule has 11 atom stereocenters. The molecule has 1 unspecified atom stereocenters. The minimum absolute atomic E-state index is 0.00503. The molecule has 4 aromatic rings. The van der Waals surface area contributed by atoms with Crippen LogP contribution in [0.5, 0.6) is 0 Å². The number of alkyl halides is 6. The van der Waals surface area contributed by atoms with E-state index >= 15 is 0 Å². The van der Waals surface area contributed by atoms with E-state index in [1.54, 1.807) is 36.4 Å². The molecule has 1 N–H and O–H groups in total. The van der Waals surface area contributed by atoms with Gasteiger partial charge in [-0.05, 0) is 28.8 Å². The summed E-state index contributed by atoms with van der Waals surface area (Å²) in [6.45, 7) is -0.410. The smallest absolute Gasteiger partial charge is 0.457 e. The monoisotopic (exact) mass is 1020 g/mol. The fourth-order valence-corrected chi connectivity index (χ4v) is 7.78. The van der Waals surface area contributed by atoms with Crippen LogP contribution in [0.2, 0.25) is 0 Å². The lowest BCUT2D eigenvalue weighted by Gasteiger charge is -2.50. The highest BCUT2D eigenvalue weighted by Crippen LogP contribution is 2.40. The third kappa shape index (κ3) is 14.7. The van der Waals surface area contributed by atoms with E-state index < -0.39 is 109 Å². The van der Waals surface area contributed by atoms with Crippen LogP contribution in [-0.2, 0) is 65.4 Å². The highest BCUT2D eigenvalue weighted by atomic mass is 35.6. The summed E-state index contributed by atoms with van der Waals surface area (Å²) in [7, 11) is 0. The molecule has 0 aromatic heterocycles. The fraction of sp³-hybridized carbons (Fsp3) is 0.413. The maximum Gasteiger partial charge on any atom is 0.468 e. The Morgan fingerprint density at radius 2 is 1.42 bits per heavy atom. The number of amides is 1. The lowest BCUT2D eigenvalue weighted by atomic mass is 9.94. The van der Waals surface area contributed by atoms with Gasteiger partial charge in [0.15, 0.2) is 18.7 Å². The molecule has 4 aromatic carbocycles. The van der Waals surface area contributed by atoms with E-state index in [9.17, 15) is 28.3 Å². The first-order valence-electron chi connectivity index (χ1n) is 21.3. The van der Waals surface area contributed by atoms with E-state index in [0.717, 1.165) is 12.5 Å². The quantitative estimate of drug-likeness (QED) is 0.0213. The van der Waals surface area contributed by atoms with Crippen LogP contribution >= 0.6 is 34.8 Å². The number of carbonyl (C=O) groups excluding carboxylic acids is 2.